The third-order valence-electron chi connectivity index (χ3n) is 5.03. The number of hydrogen-bond acceptors (Lipinski definition) is 5. The summed E-state index contributed by atoms with van der Waals surface area (Å²) in [4.78, 5) is 27.5. The minimum Gasteiger partial charge on any atom is -0.363 e. The van der Waals surface area contributed by atoms with Gasteiger partial charge in [-0.25, -0.2) is 0 Å². The monoisotopic (exact) mass is 402 g/mol. The predicted octanol–water partition coefficient (Wildman–Crippen LogP) is 3.08. The van der Waals surface area contributed by atoms with Crippen LogP contribution in [0.15, 0.2) is 48.5 Å². The molecule has 1 fully saturated rings. The summed E-state index contributed by atoms with van der Waals surface area (Å²) in [6.07, 6.45) is 0. The number of nitrogens with zero attached hydrogens (tertiary/aromatic N) is 3. The summed E-state index contributed by atoms with van der Waals surface area (Å²) in [6.45, 7) is 4.92. The number of rotatable bonds is 6. The molecule has 2 aromatic rings. The molecule has 1 atom stereocenters. The van der Waals surface area contributed by atoms with E-state index < -0.39 is 4.92 Å². The van der Waals surface area contributed by atoms with Crippen molar-refractivity contribution in [3.05, 3.63) is 69.2 Å². The van der Waals surface area contributed by atoms with E-state index in [1.165, 1.54) is 6.07 Å². The molecule has 0 radical (unpaired) electrons. The van der Waals surface area contributed by atoms with Crippen molar-refractivity contribution < 1.29 is 9.72 Å². The fourth-order valence-electron chi connectivity index (χ4n) is 3.36. The Morgan fingerprint density at radius 1 is 1.18 bits per heavy atom. The molecule has 8 heteroatoms. The molecule has 1 aliphatic rings. The fraction of sp³-hybridized carbons (Fsp3) is 0.350. The highest BCUT2D eigenvalue weighted by atomic mass is 35.5. The highest BCUT2D eigenvalue weighted by Gasteiger charge is 2.28. The average molecular weight is 403 g/mol. The maximum absolute atomic E-state index is 12.5. The minimum absolute atomic E-state index is 0.00889. The van der Waals surface area contributed by atoms with E-state index in [2.05, 4.69) is 10.2 Å². The van der Waals surface area contributed by atoms with Crippen molar-refractivity contribution in [1.82, 2.24) is 10.2 Å². The normalized spacial score (nSPS) is 15.9. The molecule has 28 heavy (non-hydrogen) atoms. The second-order valence-corrected chi connectivity index (χ2v) is 7.23. The van der Waals surface area contributed by atoms with Crippen LogP contribution < -0.4 is 10.2 Å². The molecule has 2 aromatic carbocycles. The van der Waals surface area contributed by atoms with Gasteiger partial charge in [0.2, 0.25) is 5.91 Å². The molecule has 148 valence electrons. The van der Waals surface area contributed by atoms with Crippen molar-refractivity contribution in [3.63, 3.8) is 0 Å². The first-order valence-electron chi connectivity index (χ1n) is 9.20. The molecule has 7 nitrogen and oxygen atoms in total. The fourth-order valence-corrected chi connectivity index (χ4v) is 3.53. The van der Waals surface area contributed by atoms with E-state index in [1.54, 1.807) is 12.1 Å². The van der Waals surface area contributed by atoms with E-state index in [0.29, 0.717) is 43.4 Å². The van der Waals surface area contributed by atoms with Gasteiger partial charge in [-0.15, -0.1) is 0 Å². The molecule has 3 rings (SSSR count). The molecule has 1 N–H and O–H groups in total. The van der Waals surface area contributed by atoms with E-state index >= 15 is 0 Å². The smallest absolute Gasteiger partial charge is 0.294 e. The van der Waals surface area contributed by atoms with E-state index in [-0.39, 0.29) is 17.6 Å². The number of halogens is 1. The maximum Gasteiger partial charge on any atom is 0.294 e. The van der Waals surface area contributed by atoms with Gasteiger partial charge < -0.3 is 10.2 Å². The molecule has 1 amide bonds. The number of carbonyl (C=O) groups excluding carboxylic acids is 1. The zero-order valence-corrected chi connectivity index (χ0v) is 16.4. The Kier molecular flexibility index (Phi) is 6.49. The van der Waals surface area contributed by atoms with E-state index in [0.717, 1.165) is 5.56 Å². The summed E-state index contributed by atoms with van der Waals surface area (Å²) in [7, 11) is 0. The second kappa shape index (κ2) is 9.03. The quantitative estimate of drug-likeness (QED) is 0.593. The van der Waals surface area contributed by atoms with Crippen LogP contribution in [-0.4, -0.2) is 48.0 Å². The number of amides is 1. The standard InChI is InChI=1S/C20H23ClN4O3/c1-15(20(26)22-14-16-5-3-2-4-6-16)23-9-11-24(12-10-23)18-8-7-17(21)13-19(18)25(27)28/h2-8,13,15H,9-12,14H2,1H3,(H,22,26)/t15-/m0/s1. The number of piperazine rings is 1. The highest BCUT2D eigenvalue weighted by Crippen LogP contribution is 2.31. The molecule has 1 saturated heterocycles. The number of anilines is 1. The van der Waals surface area contributed by atoms with Crippen molar-refractivity contribution in [3.8, 4) is 0 Å². The van der Waals surface area contributed by atoms with Gasteiger partial charge in [-0.2, -0.15) is 0 Å². The largest absolute Gasteiger partial charge is 0.363 e. The summed E-state index contributed by atoms with van der Waals surface area (Å²) >= 11 is 5.90. The number of carbonyl (C=O) groups is 1. The first kappa shape index (κ1) is 20.1. The Labute approximate surface area is 169 Å². The SMILES string of the molecule is C[C@@H](C(=O)NCc1ccccc1)N1CCN(c2ccc(Cl)cc2[N+](=O)[O-])CC1. The first-order chi connectivity index (χ1) is 13.5. The molecule has 0 saturated carbocycles. The van der Waals surface area contributed by atoms with Crippen molar-refractivity contribution in [2.24, 2.45) is 0 Å². The number of benzene rings is 2. The van der Waals surface area contributed by atoms with Gasteiger partial charge in [0.15, 0.2) is 0 Å². The van der Waals surface area contributed by atoms with Crippen LogP contribution in [0.5, 0.6) is 0 Å². The van der Waals surface area contributed by atoms with Crippen LogP contribution in [0.2, 0.25) is 5.02 Å². The van der Waals surface area contributed by atoms with E-state index in [4.69, 9.17) is 11.6 Å². The Hall–Kier alpha value is -2.64. The number of hydrogen-bond donors (Lipinski definition) is 1. The van der Waals surface area contributed by atoms with Gasteiger partial charge >= 0.3 is 0 Å². The van der Waals surface area contributed by atoms with Gasteiger partial charge in [0.1, 0.15) is 5.69 Å². The molecular formula is C20H23ClN4O3. The summed E-state index contributed by atoms with van der Waals surface area (Å²) in [5.74, 6) is -0.0187. The van der Waals surface area contributed by atoms with Crippen LogP contribution in [0, 0.1) is 10.1 Å². The summed E-state index contributed by atoms with van der Waals surface area (Å²) in [5.41, 5.74) is 1.63. The van der Waals surface area contributed by atoms with Crippen molar-refractivity contribution in [2.75, 3.05) is 31.1 Å². The molecule has 0 aromatic heterocycles. The van der Waals surface area contributed by atoms with Crippen molar-refractivity contribution in [1.29, 1.82) is 0 Å². The molecule has 0 aliphatic carbocycles. The van der Waals surface area contributed by atoms with Crippen molar-refractivity contribution >= 4 is 28.9 Å². The average Bonchev–Trinajstić information content (AvgIpc) is 2.72. The number of nitro benzene ring substituents is 1. The second-order valence-electron chi connectivity index (χ2n) is 6.79. The van der Waals surface area contributed by atoms with Gasteiger partial charge in [0, 0.05) is 43.8 Å². The van der Waals surface area contributed by atoms with Gasteiger partial charge in [0.25, 0.3) is 5.69 Å². The van der Waals surface area contributed by atoms with Crippen molar-refractivity contribution in [2.45, 2.75) is 19.5 Å². The Morgan fingerprint density at radius 3 is 2.50 bits per heavy atom. The van der Waals surface area contributed by atoms with Gasteiger partial charge in [-0.3, -0.25) is 19.8 Å². The third kappa shape index (κ3) is 4.79. The van der Waals surface area contributed by atoms with Crippen LogP contribution in [0.3, 0.4) is 0 Å². The Balaban J connectivity index is 1.56. The molecule has 1 aliphatic heterocycles. The summed E-state index contributed by atoms with van der Waals surface area (Å²) in [6, 6.07) is 14.3. The van der Waals surface area contributed by atoms with Gasteiger partial charge in [-0.05, 0) is 24.6 Å². The number of nitro groups is 1. The van der Waals surface area contributed by atoms with Crippen LogP contribution in [0.1, 0.15) is 12.5 Å². The van der Waals surface area contributed by atoms with Crippen LogP contribution in [-0.2, 0) is 11.3 Å². The van der Waals surface area contributed by atoms with Crippen LogP contribution in [0.25, 0.3) is 0 Å². The topological polar surface area (TPSA) is 78.7 Å². The van der Waals surface area contributed by atoms with Gasteiger partial charge in [0.05, 0.1) is 11.0 Å². The zero-order chi connectivity index (χ0) is 20.1. The lowest BCUT2D eigenvalue weighted by Crippen LogP contribution is -2.54. The first-order valence-corrected chi connectivity index (χ1v) is 9.58. The summed E-state index contributed by atoms with van der Waals surface area (Å²) < 4.78 is 0. The number of nitrogens with one attached hydrogen (secondary N) is 1. The lowest BCUT2D eigenvalue weighted by atomic mass is 10.1. The van der Waals surface area contributed by atoms with E-state index in [1.807, 2.05) is 42.2 Å². The predicted molar refractivity (Wildman–Crippen MR) is 110 cm³/mol. The molecule has 0 spiro atoms. The maximum atomic E-state index is 12.5. The van der Waals surface area contributed by atoms with Crippen LogP contribution >= 0.6 is 11.6 Å². The molecule has 0 unspecified atom stereocenters. The van der Waals surface area contributed by atoms with Gasteiger partial charge in [-0.1, -0.05) is 41.9 Å². The molecule has 0 bridgehead atoms. The molecule has 1 heterocycles. The Bertz CT molecular complexity index is 839. The lowest BCUT2D eigenvalue weighted by molar-refractivity contribution is -0.384. The minimum atomic E-state index is -0.409. The third-order valence-corrected chi connectivity index (χ3v) is 5.26. The highest BCUT2D eigenvalue weighted by molar-refractivity contribution is 6.30. The lowest BCUT2D eigenvalue weighted by Gasteiger charge is -2.38. The van der Waals surface area contributed by atoms with E-state index in [9.17, 15) is 14.9 Å². The Morgan fingerprint density at radius 2 is 1.86 bits per heavy atom. The van der Waals surface area contributed by atoms with Crippen LogP contribution in [0.4, 0.5) is 11.4 Å². The summed E-state index contributed by atoms with van der Waals surface area (Å²) in [5, 5.41) is 14.6. The molecular weight excluding hydrogens is 380 g/mol. The zero-order valence-electron chi connectivity index (χ0n) is 15.7.